The molecule has 2 heterocycles. The van der Waals surface area contributed by atoms with Crippen molar-refractivity contribution in [2.24, 2.45) is 0 Å². The van der Waals surface area contributed by atoms with Crippen molar-refractivity contribution in [2.75, 3.05) is 32.1 Å². The van der Waals surface area contributed by atoms with Crippen LogP contribution < -0.4 is 5.32 Å². The minimum Gasteiger partial charge on any atom is -0.495 e. The van der Waals surface area contributed by atoms with Crippen LogP contribution in [0.1, 0.15) is 32.0 Å². The molecule has 0 bridgehead atoms. The van der Waals surface area contributed by atoms with E-state index in [2.05, 4.69) is 20.3 Å². The van der Waals surface area contributed by atoms with E-state index in [1.807, 2.05) is 13.0 Å². The highest BCUT2D eigenvalue weighted by Crippen LogP contribution is 2.30. The largest absolute Gasteiger partial charge is 0.495 e. The lowest BCUT2D eigenvalue weighted by Gasteiger charge is -2.30. The molecule has 0 spiro atoms. The van der Waals surface area contributed by atoms with Crippen molar-refractivity contribution in [1.82, 2.24) is 24.6 Å². The molecule has 4 rings (SSSR count). The maximum Gasteiger partial charge on any atom is 0.246 e. The van der Waals surface area contributed by atoms with Crippen LogP contribution in [0.3, 0.4) is 0 Å². The Morgan fingerprint density at radius 3 is 2.71 bits per heavy atom. The highest BCUT2D eigenvalue weighted by molar-refractivity contribution is 6.31. The zero-order chi connectivity index (χ0) is 25.1. The number of anilines is 1. The molecule has 9 nitrogen and oxygen atoms in total. The number of amides is 2. The van der Waals surface area contributed by atoms with Crippen molar-refractivity contribution in [1.29, 1.82) is 0 Å². The summed E-state index contributed by atoms with van der Waals surface area (Å²) < 4.78 is 20.8. The Morgan fingerprint density at radius 1 is 1.23 bits per heavy atom. The van der Waals surface area contributed by atoms with Gasteiger partial charge in [0.2, 0.25) is 11.8 Å². The molecule has 35 heavy (non-hydrogen) atoms. The van der Waals surface area contributed by atoms with E-state index in [0.717, 1.165) is 24.2 Å². The number of methoxy groups -OCH3 is 1. The number of carbonyl (C=O) groups is 2. The van der Waals surface area contributed by atoms with Crippen LogP contribution >= 0.6 is 11.6 Å². The first-order chi connectivity index (χ1) is 16.8. The van der Waals surface area contributed by atoms with E-state index >= 15 is 0 Å². The number of allylic oxidation sites excluding steroid dienone is 3. The third-order valence-corrected chi connectivity index (χ3v) is 6.56. The van der Waals surface area contributed by atoms with Crippen LogP contribution in [-0.2, 0) is 14.3 Å². The smallest absolute Gasteiger partial charge is 0.246 e. The average Bonchev–Trinajstić information content (AvgIpc) is 3.18. The average molecular weight is 503 g/mol. The number of hydrogen-bond donors (Lipinski definition) is 1. The van der Waals surface area contributed by atoms with Crippen LogP contribution in [0.2, 0.25) is 5.02 Å². The molecule has 1 unspecified atom stereocenters. The van der Waals surface area contributed by atoms with E-state index in [9.17, 15) is 14.0 Å². The molecule has 2 amide bonds. The van der Waals surface area contributed by atoms with Crippen LogP contribution in [0.5, 0.6) is 0 Å². The molecule has 2 aliphatic rings. The fraction of sp³-hybridized carbons (Fsp3) is 0.417. The maximum atomic E-state index is 13.4. The Hall–Kier alpha value is -3.40. The predicted molar refractivity (Wildman–Crippen MR) is 130 cm³/mol. The summed E-state index contributed by atoms with van der Waals surface area (Å²) in [6, 6.07) is 3.28. The molecule has 1 aromatic heterocycles. The lowest BCUT2D eigenvalue weighted by atomic mass is 10.0. The Labute approximate surface area is 208 Å². The van der Waals surface area contributed by atoms with E-state index < -0.39 is 11.9 Å². The van der Waals surface area contributed by atoms with Crippen molar-refractivity contribution >= 4 is 34.8 Å². The molecule has 1 aliphatic carbocycles. The van der Waals surface area contributed by atoms with Crippen LogP contribution in [0, 0.1) is 12.7 Å². The Bertz CT molecular complexity index is 1190. The maximum absolute atomic E-state index is 13.4. The summed E-state index contributed by atoms with van der Waals surface area (Å²) in [6.07, 6.45) is 5.46. The van der Waals surface area contributed by atoms with Gasteiger partial charge in [-0.15, -0.1) is 0 Å². The van der Waals surface area contributed by atoms with E-state index in [1.165, 1.54) is 18.2 Å². The van der Waals surface area contributed by atoms with E-state index in [1.54, 1.807) is 29.9 Å². The highest BCUT2D eigenvalue weighted by atomic mass is 35.5. The normalized spacial score (nSPS) is 17.7. The molecular formula is C24H28ClFN6O3. The molecule has 1 N–H and O–H groups in total. The second-order valence-electron chi connectivity index (χ2n) is 8.51. The van der Waals surface area contributed by atoms with Crippen LogP contribution in [0.4, 0.5) is 10.1 Å². The monoisotopic (exact) mass is 502 g/mol. The summed E-state index contributed by atoms with van der Waals surface area (Å²) in [7, 11) is 1.63. The molecule has 0 saturated carbocycles. The van der Waals surface area contributed by atoms with Gasteiger partial charge in [-0.05, 0) is 44.9 Å². The van der Waals surface area contributed by atoms with Crippen molar-refractivity contribution in [3.8, 4) is 0 Å². The van der Waals surface area contributed by atoms with Crippen LogP contribution in [-0.4, -0.2) is 69.2 Å². The van der Waals surface area contributed by atoms with Gasteiger partial charge in [-0.25, -0.2) is 14.1 Å². The molecule has 186 valence electrons. The van der Waals surface area contributed by atoms with Gasteiger partial charge >= 0.3 is 0 Å². The molecule has 1 aromatic carbocycles. The Kier molecular flexibility index (Phi) is 7.39. The third-order valence-electron chi connectivity index (χ3n) is 6.27. The van der Waals surface area contributed by atoms with Crippen molar-refractivity contribution in [3.05, 3.63) is 58.7 Å². The number of aromatic nitrogens is 3. The quantitative estimate of drug-likeness (QED) is 0.650. The van der Waals surface area contributed by atoms with Crippen LogP contribution in [0.15, 0.2) is 42.1 Å². The molecule has 2 aromatic rings. The SMILES string of the molecule is COC1=C(n2cnc(C)n2)CCC(N2CCC(=O)N(C(C)C(=O)Nc3ccc(F)c(Cl)c3)CC2)=C1. The molecular weight excluding hydrogens is 475 g/mol. The second-order valence-corrected chi connectivity index (χ2v) is 8.91. The standard InChI is InChI=1S/C24H28ClFN6O3/c1-15(24(34)28-17-4-6-20(26)19(25)12-17)31-11-10-30(9-8-23(31)33)18-5-7-21(22(13-18)35-3)32-14-27-16(2)29-32/h4,6,12-15H,5,7-11H2,1-3H3,(H,28,34). The molecule has 1 fully saturated rings. The lowest BCUT2D eigenvalue weighted by Crippen LogP contribution is -2.46. The van der Waals surface area contributed by atoms with Gasteiger partial charge in [0, 0.05) is 43.5 Å². The third kappa shape index (κ3) is 5.48. The minimum atomic E-state index is -0.691. The number of nitrogens with zero attached hydrogens (tertiary/aromatic N) is 5. The number of carbonyl (C=O) groups excluding carboxylic acids is 2. The molecule has 1 atom stereocenters. The fourth-order valence-electron chi connectivity index (χ4n) is 4.30. The number of halogens is 2. The lowest BCUT2D eigenvalue weighted by molar-refractivity contribution is -0.137. The number of rotatable bonds is 6. The van der Waals surface area contributed by atoms with Crippen molar-refractivity contribution in [3.63, 3.8) is 0 Å². The number of nitrogens with one attached hydrogen (secondary N) is 1. The fourth-order valence-corrected chi connectivity index (χ4v) is 4.48. The van der Waals surface area contributed by atoms with Crippen molar-refractivity contribution in [2.45, 2.75) is 39.2 Å². The highest BCUT2D eigenvalue weighted by Gasteiger charge is 2.30. The first kappa shape index (κ1) is 24.7. The van der Waals surface area contributed by atoms with E-state index in [0.29, 0.717) is 43.3 Å². The summed E-state index contributed by atoms with van der Waals surface area (Å²) in [5, 5.41) is 7.02. The van der Waals surface area contributed by atoms with Crippen LogP contribution in [0.25, 0.3) is 5.70 Å². The first-order valence-electron chi connectivity index (χ1n) is 11.4. The van der Waals surface area contributed by atoms with E-state index in [4.69, 9.17) is 16.3 Å². The van der Waals surface area contributed by atoms with Gasteiger partial charge in [-0.1, -0.05) is 11.6 Å². The zero-order valence-corrected chi connectivity index (χ0v) is 20.7. The molecule has 1 aliphatic heterocycles. The van der Waals surface area contributed by atoms with Gasteiger partial charge in [-0.3, -0.25) is 9.59 Å². The van der Waals surface area contributed by atoms with Crippen molar-refractivity contribution < 1.29 is 18.7 Å². The van der Waals surface area contributed by atoms with Gasteiger partial charge in [0.15, 0.2) is 0 Å². The molecule has 1 saturated heterocycles. The summed E-state index contributed by atoms with van der Waals surface area (Å²) in [5.74, 6) is 0.394. The number of ether oxygens (including phenoxy) is 1. The predicted octanol–water partition coefficient (Wildman–Crippen LogP) is 3.43. The topological polar surface area (TPSA) is 92.6 Å². The Morgan fingerprint density at radius 2 is 2.03 bits per heavy atom. The van der Waals surface area contributed by atoms with Gasteiger partial charge in [0.05, 0.1) is 17.8 Å². The summed E-state index contributed by atoms with van der Waals surface area (Å²) >= 11 is 5.80. The van der Waals surface area contributed by atoms with Gasteiger partial charge in [0.25, 0.3) is 0 Å². The number of hydrogen-bond acceptors (Lipinski definition) is 6. The number of benzene rings is 1. The zero-order valence-electron chi connectivity index (χ0n) is 19.9. The summed E-state index contributed by atoms with van der Waals surface area (Å²) in [6.45, 7) is 5.07. The van der Waals surface area contributed by atoms with Gasteiger partial charge in [0.1, 0.15) is 29.8 Å². The molecule has 0 radical (unpaired) electrons. The van der Waals surface area contributed by atoms with E-state index in [-0.39, 0.29) is 16.8 Å². The minimum absolute atomic E-state index is 0.0794. The van der Waals surface area contributed by atoms with Gasteiger partial charge in [-0.2, -0.15) is 5.10 Å². The second kappa shape index (κ2) is 10.5. The molecule has 11 heteroatoms. The number of aryl methyl sites for hydroxylation is 1. The van der Waals surface area contributed by atoms with Gasteiger partial charge < -0.3 is 19.9 Å². The summed E-state index contributed by atoms with van der Waals surface area (Å²) in [5.41, 5.74) is 2.40. The first-order valence-corrected chi connectivity index (χ1v) is 11.8. The Balaban J connectivity index is 1.44. The summed E-state index contributed by atoms with van der Waals surface area (Å²) in [4.78, 5) is 33.6.